The van der Waals surface area contributed by atoms with Crippen LogP contribution in [0.5, 0.6) is 0 Å². The quantitative estimate of drug-likeness (QED) is 0.120. The summed E-state index contributed by atoms with van der Waals surface area (Å²) < 4.78 is 0. The summed E-state index contributed by atoms with van der Waals surface area (Å²) in [6.07, 6.45) is 0. The zero-order chi connectivity index (χ0) is 80.7. The third kappa shape index (κ3) is 10.9. The van der Waals surface area contributed by atoms with Gasteiger partial charge in [-0.1, -0.05) is 390 Å². The molecule has 0 aliphatic heterocycles. The number of hydrogen-bond acceptors (Lipinski definition) is 2. The van der Waals surface area contributed by atoms with Crippen LogP contribution in [-0.4, -0.2) is 0 Å². The van der Waals surface area contributed by atoms with Gasteiger partial charge in [0.15, 0.2) is 0 Å². The summed E-state index contributed by atoms with van der Waals surface area (Å²) in [6.45, 7) is 4.75. The van der Waals surface area contributed by atoms with E-state index in [0.29, 0.717) is 0 Å². The SMILES string of the molecule is CC1(C)c2ccccc2-c2cccc(N(c3ccc(-c4ccccc4)cc3)c3cccc(-c4cccc(-c5ccc6c7c(cccc57)-c5ccccc5-6)c4)c3)c21.c1ccc(-c2cc(-c3ccccc3)cc(N(c3ccc(-c4ccc5c6c(cccc46)-c4ccccc4-5)cc3)c3cccc4c3-c3ccccc3C43c4ccccc4-c4ccccc43)c2)cc1. The first kappa shape index (κ1) is 70.7. The van der Waals surface area contributed by atoms with Crippen molar-refractivity contribution in [1.29, 1.82) is 0 Å². The third-order valence-corrected chi connectivity index (χ3v) is 26.8. The number of fused-ring (bicyclic) bond motifs is 19. The summed E-state index contributed by atoms with van der Waals surface area (Å²) in [5, 5.41) is 5.28. The molecule has 570 valence electrons. The molecule has 5 aliphatic rings. The van der Waals surface area contributed by atoms with Gasteiger partial charge in [0.05, 0.1) is 16.8 Å². The summed E-state index contributed by atoms with van der Waals surface area (Å²) in [5.41, 5.74) is 47.1. The van der Waals surface area contributed by atoms with Gasteiger partial charge in [-0.05, 0) is 267 Å². The topological polar surface area (TPSA) is 6.48 Å². The molecule has 1 spiro atoms. The van der Waals surface area contributed by atoms with Crippen molar-refractivity contribution < 1.29 is 0 Å². The number of nitrogens with zero attached hydrogens (tertiary/aromatic N) is 2. The van der Waals surface area contributed by atoms with Gasteiger partial charge in [-0.15, -0.1) is 0 Å². The largest absolute Gasteiger partial charge is 0.310 e. The van der Waals surface area contributed by atoms with Gasteiger partial charge in [0.1, 0.15) is 0 Å². The van der Waals surface area contributed by atoms with E-state index in [-0.39, 0.29) is 5.41 Å². The smallest absolute Gasteiger partial charge is 0.0726 e. The fraction of sp³-hybridized carbons (Fsp3) is 0.0333. The van der Waals surface area contributed by atoms with Crippen LogP contribution in [0.1, 0.15) is 47.2 Å². The lowest BCUT2D eigenvalue weighted by Crippen LogP contribution is -2.26. The Labute approximate surface area is 712 Å². The molecule has 122 heavy (non-hydrogen) atoms. The first-order valence-electron chi connectivity index (χ1n) is 42.6. The van der Waals surface area contributed by atoms with Gasteiger partial charge in [0.25, 0.3) is 0 Å². The normalized spacial score (nSPS) is 13.0. The summed E-state index contributed by atoms with van der Waals surface area (Å²) in [7, 11) is 0. The van der Waals surface area contributed by atoms with Crippen molar-refractivity contribution in [1.82, 2.24) is 0 Å². The summed E-state index contributed by atoms with van der Waals surface area (Å²) in [5.74, 6) is 0. The highest BCUT2D eigenvalue weighted by Crippen LogP contribution is 2.66. The molecule has 0 amide bonds. The first-order valence-corrected chi connectivity index (χ1v) is 42.6. The Kier molecular flexibility index (Phi) is 16.3. The van der Waals surface area contributed by atoms with Crippen molar-refractivity contribution >= 4 is 55.7 Å². The van der Waals surface area contributed by atoms with Gasteiger partial charge < -0.3 is 9.80 Å². The molecule has 2 nitrogen and oxygen atoms in total. The zero-order valence-electron chi connectivity index (χ0n) is 67.6. The van der Waals surface area contributed by atoms with Crippen molar-refractivity contribution in [2.45, 2.75) is 24.7 Å². The van der Waals surface area contributed by atoms with Gasteiger partial charge in [0.2, 0.25) is 0 Å². The fourth-order valence-corrected chi connectivity index (χ4v) is 21.5. The minimum Gasteiger partial charge on any atom is -0.310 e. The lowest BCUT2D eigenvalue weighted by molar-refractivity contribution is 0.661. The highest BCUT2D eigenvalue weighted by Gasteiger charge is 2.52. The molecule has 0 bridgehead atoms. The van der Waals surface area contributed by atoms with E-state index >= 15 is 0 Å². The minimum absolute atomic E-state index is 0.169. The van der Waals surface area contributed by atoms with E-state index in [1.165, 1.54) is 205 Å². The Morgan fingerprint density at radius 1 is 0.172 bits per heavy atom. The summed E-state index contributed by atoms with van der Waals surface area (Å²) >= 11 is 0. The van der Waals surface area contributed by atoms with Crippen LogP contribution in [0.2, 0.25) is 0 Å². The van der Waals surface area contributed by atoms with Gasteiger partial charge in [-0.2, -0.15) is 0 Å². The van der Waals surface area contributed by atoms with E-state index < -0.39 is 5.41 Å². The Bertz CT molecular complexity index is 7480. The van der Waals surface area contributed by atoms with Crippen LogP contribution >= 0.6 is 0 Å². The number of anilines is 6. The van der Waals surface area contributed by atoms with Crippen LogP contribution in [-0.2, 0) is 10.8 Å². The maximum absolute atomic E-state index is 2.52. The molecule has 0 aromatic heterocycles. The third-order valence-electron chi connectivity index (χ3n) is 26.8. The average Bonchev–Trinajstić information content (AvgIpc) is 1.50. The second-order valence-corrected chi connectivity index (χ2v) is 33.6. The molecule has 0 N–H and O–H groups in total. The molecule has 0 radical (unpaired) electrons. The Morgan fingerprint density at radius 3 is 1.05 bits per heavy atom. The fourth-order valence-electron chi connectivity index (χ4n) is 21.5. The van der Waals surface area contributed by atoms with Crippen LogP contribution in [0.4, 0.5) is 34.1 Å². The first-order chi connectivity index (χ1) is 60.3. The number of rotatable bonds is 12. The molecular formula is C120H80N2. The molecule has 20 aromatic carbocycles. The predicted molar refractivity (Wildman–Crippen MR) is 513 cm³/mol. The molecule has 0 atom stereocenters. The van der Waals surface area contributed by atoms with E-state index in [0.717, 1.165) is 28.4 Å². The van der Waals surface area contributed by atoms with Crippen molar-refractivity contribution in [3.05, 3.63) is 482 Å². The van der Waals surface area contributed by atoms with E-state index in [9.17, 15) is 0 Å². The monoisotopic (exact) mass is 1550 g/mol. The van der Waals surface area contributed by atoms with E-state index in [2.05, 4.69) is 473 Å². The molecule has 0 fully saturated rings. The Balaban J connectivity index is 0.000000140. The molecular weight excluding hydrogens is 1470 g/mol. The van der Waals surface area contributed by atoms with Gasteiger partial charge >= 0.3 is 0 Å². The molecule has 20 aromatic rings. The number of benzene rings is 20. The molecule has 0 heterocycles. The maximum Gasteiger partial charge on any atom is 0.0726 e. The molecule has 0 saturated carbocycles. The summed E-state index contributed by atoms with van der Waals surface area (Å²) in [4.78, 5) is 4.99. The lowest BCUT2D eigenvalue weighted by atomic mass is 9.70. The van der Waals surface area contributed by atoms with Crippen LogP contribution in [0.3, 0.4) is 0 Å². The highest BCUT2D eigenvalue weighted by molar-refractivity contribution is 6.20. The maximum atomic E-state index is 2.52. The van der Waals surface area contributed by atoms with E-state index in [1.54, 1.807) is 0 Å². The van der Waals surface area contributed by atoms with Crippen molar-refractivity contribution in [2.24, 2.45) is 0 Å². The zero-order valence-corrected chi connectivity index (χ0v) is 67.6. The second-order valence-electron chi connectivity index (χ2n) is 33.6. The molecule has 25 rings (SSSR count). The molecule has 0 unspecified atom stereocenters. The Hall–Kier alpha value is -15.5. The lowest BCUT2D eigenvalue weighted by Gasteiger charge is -2.32. The molecule has 2 heteroatoms. The van der Waals surface area contributed by atoms with Crippen LogP contribution in [0.15, 0.2) is 449 Å². The molecule has 0 saturated heterocycles. The van der Waals surface area contributed by atoms with Crippen LogP contribution in [0.25, 0.3) is 166 Å². The highest BCUT2D eigenvalue weighted by atomic mass is 15.2. The summed E-state index contributed by atoms with van der Waals surface area (Å²) in [6, 6.07) is 166. The van der Waals surface area contributed by atoms with Crippen molar-refractivity contribution in [2.75, 3.05) is 9.80 Å². The van der Waals surface area contributed by atoms with Crippen LogP contribution < -0.4 is 9.80 Å². The minimum atomic E-state index is -0.457. The Morgan fingerprint density at radius 2 is 0.500 bits per heavy atom. The van der Waals surface area contributed by atoms with Crippen molar-refractivity contribution in [3.8, 4) is 145 Å². The average molecular weight is 1550 g/mol. The van der Waals surface area contributed by atoms with Crippen LogP contribution in [0, 0.1) is 0 Å². The molecule has 5 aliphatic carbocycles. The predicted octanol–water partition coefficient (Wildman–Crippen LogP) is 32.6. The van der Waals surface area contributed by atoms with Gasteiger partial charge in [-0.25, -0.2) is 0 Å². The van der Waals surface area contributed by atoms with E-state index in [4.69, 9.17) is 0 Å². The standard InChI is InChI=1S/C65H41N.C55H39N/c1-3-17-42(18-4-1)45-39-46(43-19-5-2-6-20-43)41-48(40-45)66(47-35-33-44(34-36-47)49-37-38-56-51-22-8-7-21-50(51)55-27-15-26-54(49)63(55)56)62-32-16-31-61-64(62)57-25-11-14-30-60(57)65(61)58-28-12-9-23-52(58)53-24-10-13-29-59(53)65;1-55(2)51-26-9-8-22-46(51)50-25-13-27-52(54(50)55)56(41-30-28-37(29-31-41)36-14-4-3-5-15-36)42-19-11-17-39(35-42)38-16-10-18-40(34-38)43-32-33-49-45-21-7-6-20-44(45)48-24-12-23-47(43)53(48)49/h1-41H;3-35H,1-2H3. The van der Waals surface area contributed by atoms with Gasteiger partial charge in [-0.3, -0.25) is 0 Å². The second kappa shape index (κ2) is 28.1. The number of hydrogen-bond donors (Lipinski definition) is 0. The van der Waals surface area contributed by atoms with Gasteiger partial charge in [0, 0.05) is 33.7 Å². The van der Waals surface area contributed by atoms with E-state index in [1.807, 2.05) is 0 Å². The van der Waals surface area contributed by atoms with Crippen molar-refractivity contribution in [3.63, 3.8) is 0 Å².